The third kappa shape index (κ3) is 3.94. The first kappa shape index (κ1) is 15.3. The predicted molar refractivity (Wildman–Crippen MR) is 86.5 cm³/mol. The van der Waals surface area contributed by atoms with E-state index in [0.717, 1.165) is 5.56 Å². The van der Waals surface area contributed by atoms with Crippen LogP contribution in [0.5, 0.6) is 5.75 Å². The Labute approximate surface area is 129 Å². The Bertz CT molecular complexity index is 722. The van der Waals surface area contributed by atoms with Crippen LogP contribution in [0.1, 0.15) is 15.9 Å². The highest BCUT2D eigenvalue weighted by atomic mass is 16.5. The van der Waals surface area contributed by atoms with Crippen molar-refractivity contribution in [3.63, 3.8) is 0 Å². The number of hydrogen-bond acceptors (Lipinski definition) is 3. The zero-order valence-electron chi connectivity index (χ0n) is 12.0. The molecule has 0 aliphatic rings. The van der Waals surface area contributed by atoms with Crippen molar-refractivity contribution < 1.29 is 9.53 Å². The molecule has 0 saturated heterocycles. The molecule has 0 aliphatic heterocycles. The summed E-state index contributed by atoms with van der Waals surface area (Å²) >= 11 is 0. The first-order valence-corrected chi connectivity index (χ1v) is 6.80. The van der Waals surface area contributed by atoms with Crippen LogP contribution in [0.4, 0.5) is 0 Å². The lowest BCUT2D eigenvalue weighted by Gasteiger charge is -2.03. The molecule has 0 aliphatic carbocycles. The van der Waals surface area contributed by atoms with E-state index in [2.05, 4.69) is 6.58 Å². The summed E-state index contributed by atoms with van der Waals surface area (Å²) in [6.45, 7) is 4.02. The van der Waals surface area contributed by atoms with E-state index in [1.165, 1.54) is 0 Å². The molecule has 2 aromatic carbocycles. The summed E-state index contributed by atoms with van der Waals surface area (Å²) in [4.78, 5) is 12.3. The van der Waals surface area contributed by atoms with Gasteiger partial charge < -0.3 is 4.74 Å². The number of ether oxygens (including phenoxy) is 1. The molecule has 0 bridgehead atoms. The number of carbonyl (C=O) groups excluding carboxylic acids is 1. The van der Waals surface area contributed by atoms with E-state index < -0.39 is 0 Å². The first-order chi connectivity index (χ1) is 10.7. The lowest BCUT2D eigenvalue weighted by Crippen LogP contribution is -2.01. The van der Waals surface area contributed by atoms with Gasteiger partial charge in [0.2, 0.25) is 5.78 Å². The van der Waals surface area contributed by atoms with Gasteiger partial charge in [-0.3, -0.25) is 4.79 Å². The van der Waals surface area contributed by atoms with Gasteiger partial charge in [-0.2, -0.15) is 5.26 Å². The second kappa shape index (κ2) is 7.61. The molecule has 22 heavy (non-hydrogen) atoms. The number of ketones is 1. The molecule has 0 spiro atoms. The quantitative estimate of drug-likeness (QED) is 0.349. The van der Waals surface area contributed by atoms with Crippen LogP contribution in [0, 0.1) is 11.3 Å². The molecular weight excluding hydrogens is 274 g/mol. The van der Waals surface area contributed by atoms with E-state index in [1.54, 1.807) is 60.7 Å². The number of hydrogen-bond donors (Lipinski definition) is 0. The number of rotatable bonds is 6. The third-order valence-electron chi connectivity index (χ3n) is 2.96. The fourth-order valence-electron chi connectivity index (χ4n) is 1.88. The fraction of sp³-hybridized carbons (Fsp3) is 0.0526. The second-order valence-electron chi connectivity index (χ2n) is 4.53. The van der Waals surface area contributed by atoms with E-state index in [0.29, 0.717) is 17.9 Å². The maximum atomic E-state index is 12.3. The monoisotopic (exact) mass is 289 g/mol. The lowest BCUT2D eigenvalue weighted by atomic mass is 10.0. The number of allylic oxidation sites excluding steroid dienone is 1. The summed E-state index contributed by atoms with van der Waals surface area (Å²) in [7, 11) is 0. The molecule has 0 atom stereocenters. The highest BCUT2D eigenvalue weighted by Crippen LogP contribution is 2.16. The van der Waals surface area contributed by atoms with Crippen molar-refractivity contribution in [2.75, 3.05) is 6.61 Å². The van der Waals surface area contributed by atoms with Crippen molar-refractivity contribution in [3.8, 4) is 11.8 Å². The second-order valence-corrected chi connectivity index (χ2v) is 4.53. The molecule has 0 aromatic heterocycles. The number of Topliss-reactive ketones (excluding diaryl/α,β-unsaturated/α-hetero) is 1. The fourth-order valence-corrected chi connectivity index (χ4v) is 1.88. The van der Waals surface area contributed by atoms with Crippen LogP contribution in [0.2, 0.25) is 0 Å². The molecular formula is C19H15NO2. The molecule has 0 N–H and O–H groups in total. The van der Waals surface area contributed by atoms with Gasteiger partial charge in [-0.15, -0.1) is 0 Å². The van der Waals surface area contributed by atoms with Crippen LogP contribution in [0.15, 0.2) is 72.8 Å². The molecule has 3 heteroatoms. The molecule has 0 heterocycles. The smallest absolute Gasteiger partial charge is 0.203 e. The average Bonchev–Trinajstić information content (AvgIpc) is 2.59. The van der Waals surface area contributed by atoms with Crippen molar-refractivity contribution in [2.24, 2.45) is 0 Å². The van der Waals surface area contributed by atoms with E-state index in [9.17, 15) is 10.1 Å². The van der Waals surface area contributed by atoms with Crippen LogP contribution >= 0.6 is 0 Å². The van der Waals surface area contributed by atoms with E-state index in [1.807, 2.05) is 12.1 Å². The normalized spacial score (nSPS) is 10.6. The summed E-state index contributed by atoms with van der Waals surface area (Å²) in [5, 5.41) is 9.21. The Morgan fingerprint density at radius 3 is 2.41 bits per heavy atom. The van der Waals surface area contributed by atoms with Crippen LogP contribution in [-0.2, 0) is 0 Å². The summed E-state index contributed by atoms with van der Waals surface area (Å²) in [6, 6.07) is 17.9. The summed E-state index contributed by atoms with van der Waals surface area (Å²) < 4.78 is 5.39. The zero-order chi connectivity index (χ0) is 15.8. The molecule has 0 amide bonds. The van der Waals surface area contributed by atoms with Crippen LogP contribution in [0.25, 0.3) is 6.08 Å². The summed E-state index contributed by atoms with van der Waals surface area (Å²) in [6.07, 6.45) is 3.24. The van der Waals surface area contributed by atoms with Gasteiger partial charge in [0, 0.05) is 5.56 Å². The molecule has 2 aromatic rings. The highest BCUT2D eigenvalue weighted by Gasteiger charge is 2.11. The van der Waals surface area contributed by atoms with Gasteiger partial charge in [0.15, 0.2) is 0 Å². The largest absolute Gasteiger partial charge is 0.490 e. The highest BCUT2D eigenvalue weighted by molar-refractivity contribution is 6.13. The Balaban J connectivity index is 2.20. The number of benzene rings is 2. The number of nitriles is 1. The zero-order valence-corrected chi connectivity index (χ0v) is 12.0. The molecule has 108 valence electrons. The van der Waals surface area contributed by atoms with Gasteiger partial charge in [0.1, 0.15) is 24.0 Å². The van der Waals surface area contributed by atoms with E-state index in [-0.39, 0.29) is 11.4 Å². The minimum absolute atomic E-state index is 0.103. The van der Waals surface area contributed by atoms with Crippen molar-refractivity contribution in [3.05, 3.63) is 84.0 Å². The Morgan fingerprint density at radius 1 is 1.14 bits per heavy atom. The SMILES string of the molecule is C=CCOc1ccc(C=C(C#N)C(=O)c2ccccc2)cc1. The average molecular weight is 289 g/mol. The molecule has 0 unspecified atom stereocenters. The van der Waals surface area contributed by atoms with Crippen LogP contribution < -0.4 is 4.74 Å². The topological polar surface area (TPSA) is 50.1 Å². The van der Waals surface area contributed by atoms with Crippen molar-refractivity contribution in [2.45, 2.75) is 0 Å². The lowest BCUT2D eigenvalue weighted by molar-refractivity contribution is 0.104. The molecule has 3 nitrogen and oxygen atoms in total. The maximum absolute atomic E-state index is 12.3. The van der Waals surface area contributed by atoms with Gasteiger partial charge in [-0.05, 0) is 23.8 Å². The molecule has 0 radical (unpaired) electrons. The molecule has 0 saturated carbocycles. The van der Waals surface area contributed by atoms with Crippen LogP contribution in [0.3, 0.4) is 0 Å². The van der Waals surface area contributed by atoms with Crippen molar-refractivity contribution in [1.29, 1.82) is 5.26 Å². The van der Waals surface area contributed by atoms with Crippen molar-refractivity contribution >= 4 is 11.9 Å². The number of nitrogens with zero attached hydrogens (tertiary/aromatic N) is 1. The minimum Gasteiger partial charge on any atom is -0.490 e. The predicted octanol–water partition coefficient (Wildman–Crippen LogP) is 4.04. The maximum Gasteiger partial charge on any atom is 0.203 e. The molecule has 0 fully saturated rings. The van der Waals surface area contributed by atoms with Gasteiger partial charge in [-0.1, -0.05) is 55.1 Å². The first-order valence-electron chi connectivity index (χ1n) is 6.80. The Hall–Kier alpha value is -3.12. The van der Waals surface area contributed by atoms with E-state index in [4.69, 9.17) is 4.74 Å². The Morgan fingerprint density at radius 2 is 1.82 bits per heavy atom. The summed E-state index contributed by atoms with van der Waals surface area (Å²) in [5.74, 6) is 0.431. The number of carbonyl (C=O) groups is 1. The summed E-state index contributed by atoms with van der Waals surface area (Å²) in [5.41, 5.74) is 1.37. The standard InChI is InChI=1S/C19H15NO2/c1-2-12-22-18-10-8-15(9-11-18)13-17(14-20)19(21)16-6-4-3-5-7-16/h2-11,13H,1,12H2. The van der Waals surface area contributed by atoms with Gasteiger partial charge >= 0.3 is 0 Å². The van der Waals surface area contributed by atoms with Gasteiger partial charge in [0.05, 0.1) is 0 Å². The van der Waals surface area contributed by atoms with Gasteiger partial charge in [0.25, 0.3) is 0 Å². The van der Waals surface area contributed by atoms with Crippen LogP contribution in [-0.4, -0.2) is 12.4 Å². The van der Waals surface area contributed by atoms with E-state index >= 15 is 0 Å². The van der Waals surface area contributed by atoms with Crippen molar-refractivity contribution in [1.82, 2.24) is 0 Å². The van der Waals surface area contributed by atoms with Gasteiger partial charge in [-0.25, -0.2) is 0 Å². The third-order valence-corrected chi connectivity index (χ3v) is 2.96. The molecule has 2 rings (SSSR count). The Kier molecular flexibility index (Phi) is 5.28. The minimum atomic E-state index is -0.282.